The number of esters is 1. The molecular weight excluding hydrogens is 496 g/mol. The van der Waals surface area contributed by atoms with Crippen molar-refractivity contribution in [3.8, 4) is 0 Å². The fourth-order valence-corrected chi connectivity index (χ4v) is 11.6. The monoisotopic (exact) mass is 550 g/mol. The quantitative estimate of drug-likeness (QED) is 0.358. The van der Waals surface area contributed by atoms with Crippen LogP contribution in [0.15, 0.2) is 30.3 Å². The molecule has 6 rings (SSSR count). The van der Waals surface area contributed by atoms with E-state index in [1.807, 2.05) is 0 Å². The molecule has 0 spiro atoms. The van der Waals surface area contributed by atoms with Crippen molar-refractivity contribution >= 4 is 5.97 Å². The van der Waals surface area contributed by atoms with E-state index in [2.05, 4.69) is 58.0 Å². The Bertz CT molecular complexity index is 1040. The van der Waals surface area contributed by atoms with Crippen LogP contribution in [0.5, 0.6) is 0 Å². The van der Waals surface area contributed by atoms with Gasteiger partial charge in [0.25, 0.3) is 0 Å². The van der Waals surface area contributed by atoms with Crippen molar-refractivity contribution in [2.75, 3.05) is 6.61 Å². The molecule has 1 aromatic rings. The van der Waals surface area contributed by atoms with E-state index in [1.165, 1.54) is 44.1 Å². The maximum absolute atomic E-state index is 11.6. The van der Waals surface area contributed by atoms with Crippen LogP contribution in [0.1, 0.15) is 98.0 Å². The van der Waals surface area contributed by atoms with Crippen molar-refractivity contribution in [3.05, 3.63) is 35.9 Å². The summed E-state index contributed by atoms with van der Waals surface area (Å²) >= 11 is 0. The van der Waals surface area contributed by atoms with Crippen molar-refractivity contribution in [1.82, 2.24) is 0 Å². The summed E-state index contributed by atoms with van der Waals surface area (Å²) in [4.78, 5) is 11.6. The second kappa shape index (κ2) is 11.0. The molecule has 0 aromatic heterocycles. The molecule has 13 atom stereocenters. The van der Waals surface area contributed by atoms with Gasteiger partial charge in [-0.25, -0.2) is 0 Å². The highest BCUT2D eigenvalue weighted by Crippen LogP contribution is 2.70. The first kappa shape index (κ1) is 28.7. The van der Waals surface area contributed by atoms with Crippen molar-refractivity contribution < 1.29 is 19.4 Å². The van der Waals surface area contributed by atoms with Crippen LogP contribution in [0, 0.1) is 58.2 Å². The number of carbonyl (C=O) groups excluding carboxylic acids is 1. The topological polar surface area (TPSA) is 55.8 Å². The molecule has 1 saturated heterocycles. The number of benzene rings is 1. The zero-order chi connectivity index (χ0) is 28.2. The van der Waals surface area contributed by atoms with Gasteiger partial charge in [0.2, 0.25) is 0 Å². The van der Waals surface area contributed by atoms with Gasteiger partial charge in [-0.2, -0.15) is 0 Å². The Hall–Kier alpha value is -1.39. The van der Waals surface area contributed by atoms with E-state index in [1.54, 1.807) is 6.92 Å². The van der Waals surface area contributed by atoms with E-state index in [0.717, 1.165) is 43.4 Å². The lowest BCUT2D eigenvalue weighted by atomic mass is 9.44. The molecule has 5 fully saturated rings. The molecule has 1 aliphatic heterocycles. The molecule has 40 heavy (non-hydrogen) atoms. The molecule has 0 unspecified atom stereocenters. The fraction of sp³-hybridized carbons (Fsp3) is 0.806. The molecule has 0 bridgehead atoms. The Balaban J connectivity index is 1.18. The summed E-state index contributed by atoms with van der Waals surface area (Å²) in [6.07, 6.45) is 12.8. The summed E-state index contributed by atoms with van der Waals surface area (Å²) in [6, 6.07) is 10.9. The van der Waals surface area contributed by atoms with Gasteiger partial charge in [0.1, 0.15) is 6.10 Å². The molecule has 4 aliphatic carbocycles. The van der Waals surface area contributed by atoms with Gasteiger partial charge < -0.3 is 14.6 Å². The zero-order valence-electron chi connectivity index (χ0n) is 25.7. The molecule has 5 aliphatic rings. The van der Waals surface area contributed by atoms with Crippen LogP contribution in [0.3, 0.4) is 0 Å². The Morgan fingerprint density at radius 3 is 2.52 bits per heavy atom. The van der Waals surface area contributed by atoms with Crippen molar-refractivity contribution in [3.63, 3.8) is 0 Å². The minimum absolute atomic E-state index is 0.113. The summed E-state index contributed by atoms with van der Waals surface area (Å²) in [5, 5.41) is 9.92. The minimum Gasteiger partial charge on any atom is -0.463 e. The molecule has 4 nitrogen and oxygen atoms in total. The van der Waals surface area contributed by atoms with Crippen LogP contribution in [0.25, 0.3) is 0 Å². The zero-order valence-corrected chi connectivity index (χ0v) is 25.7. The third kappa shape index (κ3) is 4.87. The van der Waals surface area contributed by atoms with Crippen LogP contribution >= 0.6 is 0 Å². The molecule has 1 aromatic carbocycles. The van der Waals surface area contributed by atoms with Gasteiger partial charge in [-0.15, -0.1) is 0 Å². The SMILES string of the molecule is CC(=O)O[C@H]1CC[C@@]2(C)[C@@H](CC[C@@H]3[C@@H]2CC[C@]2(C)[C@H]4[C@H](C)[C@@H]([C@H](Cc5ccccc5)C[C@@H](C)CO)O[C@H]4C[C@@H]32)C1. The Kier molecular flexibility index (Phi) is 7.92. The van der Waals surface area contributed by atoms with E-state index in [0.29, 0.717) is 46.5 Å². The smallest absolute Gasteiger partial charge is 0.302 e. The first-order valence-corrected chi connectivity index (χ1v) is 16.6. The molecule has 4 heteroatoms. The van der Waals surface area contributed by atoms with Crippen LogP contribution in [0.2, 0.25) is 0 Å². The molecule has 0 amide bonds. The lowest BCUT2D eigenvalue weighted by Crippen LogP contribution is -2.54. The minimum atomic E-state index is -0.113. The summed E-state index contributed by atoms with van der Waals surface area (Å²) in [5.74, 6) is 4.95. The molecule has 0 radical (unpaired) electrons. The number of ether oxygens (including phenoxy) is 2. The summed E-state index contributed by atoms with van der Waals surface area (Å²) in [7, 11) is 0. The van der Waals surface area contributed by atoms with Gasteiger partial charge >= 0.3 is 5.97 Å². The highest BCUT2D eigenvalue weighted by molar-refractivity contribution is 5.66. The maximum Gasteiger partial charge on any atom is 0.302 e. The number of aliphatic hydroxyl groups is 1. The maximum atomic E-state index is 11.6. The van der Waals surface area contributed by atoms with Gasteiger partial charge in [0.15, 0.2) is 0 Å². The van der Waals surface area contributed by atoms with E-state index in [-0.39, 0.29) is 24.8 Å². The van der Waals surface area contributed by atoms with Gasteiger partial charge in [0.05, 0.1) is 12.2 Å². The standard InChI is InChI=1S/C36H54O4/c1-22(21-37)17-26(18-25-9-7-6-8-10-25)34-23(2)33-32(40-34)20-31-29-12-11-27-19-28(39-24(3)38)13-15-35(27,4)30(29)14-16-36(31,33)5/h6-10,22-23,26-34,37H,11-21H2,1-5H3/t22-,23+,26+,27+,28+,29-,30+,31+,32+,33+,34+,35+,36+/m1/s1. The van der Waals surface area contributed by atoms with E-state index < -0.39 is 0 Å². The first-order chi connectivity index (χ1) is 19.1. The second-order valence-corrected chi connectivity index (χ2v) is 15.4. The highest BCUT2D eigenvalue weighted by Gasteiger charge is 2.66. The number of hydrogen-bond donors (Lipinski definition) is 1. The third-order valence-corrected chi connectivity index (χ3v) is 13.3. The lowest BCUT2D eigenvalue weighted by molar-refractivity contribution is -0.160. The van der Waals surface area contributed by atoms with Crippen molar-refractivity contribution in [2.24, 2.45) is 58.2 Å². The molecule has 222 valence electrons. The number of fused-ring (bicyclic) bond motifs is 7. The number of hydrogen-bond acceptors (Lipinski definition) is 4. The Morgan fingerprint density at radius 1 is 1.05 bits per heavy atom. The lowest BCUT2D eigenvalue weighted by Gasteiger charge is -2.61. The van der Waals surface area contributed by atoms with E-state index >= 15 is 0 Å². The summed E-state index contributed by atoms with van der Waals surface area (Å²) in [5.41, 5.74) is 2.16. The van der Waals surface area contributed by atoms with Crippen LogP contribution in [-0.2, 0) is 20.7 Å². The predicted octanol–water partition coefficient (Wildman–Crippen LogP) is 7.47. The normalized spacial score (nSPS) is 45.5. The average Bonchev–Trinajstić information content (AvgIpc) is 3.42. The van der Waals surface area contributed by atoms with Crippen molar-refractivity contribution in [2.45, 2.75) is 117 Å². The number of rotatable bonds is 7. The number of aliphatic hydroxyl groups excluding tert-OH is 1. The summed E-state index contributed by atoms with van der Waals surface area (Å²) < 4.78 is 12.9. The second-order valence-electron chi connectivity index (χ2n) is 15.4. The third-order valence-electron chi connectivity index (χ3n) is 13.3. The first-order valence-electron chi connectivity index (χ1n) is 16.6. The van der Waals surface area contributed by atoms with Gasteiger partial charge in [-0.3, -0.25) is 4.79 Å². The molecular formula is C36H54O4. The predicted molar refractivity (Wildman–Crippen MR) is 158 cm³/mol. The summed E-state index contributed by atoms with van der Waals surface area (Å²) in [6.45, 7) is 11.8. The highest BCUT2D eigenvalue weighted by atomic mass is 16.5. The Labute approximate surface area is 243 Å². The van der Waals surface area contributed by atoms with Gasteiger partial charge in [0, 0.05) is 13.5 Å². The van der Waals surface area contributed by atoms with Crippen LogP contribution in [-0.4, -0.2) is 36.0 Å². The van der Waals surface area contributed by atoms with Crippen LogP contribution < -0.4 is 0 Å². The largest absolute Gasteiger partial charge is 0.463 e. The van der Waals surface area contributed by atoms with Crippen molar-refractivity contribution in [1.29, 1.82) is 0 Å². The molecule has 4 saturated carbocycles. The molecule has 1 heterocycles. The number of carbonyl (C=O) groups is 1. The van der Waals surface area contributed by atoms with Crippen LogP contribution in [0.4, 0.5) is 0 Å². The Morgan fingerprint density at radius 2 is 1.80 bits per heavy atom. The van der Waals surface area contributed by atoms with Gasteiger partial charge in [-0.1, -0.05) is 58.0 Å². The molecule has 1 N–H and O–H groups in total. The fourth-order valence-electron chi connectivity index (χ4n) is 11.6. The van der Waals surface area contributed by atoms with Gasteiger partial charge in [-0.05, 0) is 128 Å². The van der Waals surface area contributed by atoms with E-state index in [4.69, 9.17) is 9.47 Å². The van der Waals surface area contributed by atoms with E-state index in [9.17, 15) is 9.90 Å². The average molecular weight is 551 g/mol.